The molecule has 0 radical (unpaired) electrons. The number of benzene rings is 1. The van der Waals surface area contributed by atoms with Gasteiger partial charge in [-0.15, -0.1) is 0 Å². The van der Waals surface area contributed by atoms with Gasteiger partial charge in [0.15, 0.2) is 6.61 Å². The van der Waals surface area contributed by atoms with Crippen molar-refractivity contribution in [3.05, 3.63) is 35.5 Å². The SMILES string of the molecule is Cc1cc(OCC(=O)N[C@@H]2CCC[C@@H](O)[C@@H]2O)c2cccc(C)c2n1. The van der Waals surface area contributed by atoms with Gasteiger partial charge < -0.3 is 20.3 Å². The fourth-order valence-electron chi connectivity index (χ4n) is 3.31. The van der Waals surface area contributed by atoms with E-state index >= 15 is 0 Å². The topological polar surface area (TPSA) is 91.7 Å². The van der Waals surface area contributed by atoms with Gasteiger partial charge in [-0.3, -0.25) is 9.78 Å². The molecule has 0 saturated heterocycles. The average Bonchev–Trinajstić information content (AvgIpc) is 2.58. The Labute approximate surface area is 146 Å². The van der Waals surface area contributed by atoms with Crippen LogP contribution in [0, 0.1) is 13.8 Å². The Kier molecular flexibility index (Phi) is 5.20. The maximum atomic E-state index is 12.2. The first-order valence-electron chi connectivity index (χ1n) is 8.61. The third-order valence-electron chi connectivity index (χ3n) is 4.66. The Balaban J connectivity index is 1.68. The molecule has 1 amide bonds. The first-order chi connectivity index (χ1) is 12.0. The summed E-state index contributed by atoms with van der Waals surface area (Å²) < 4.78 is 5.72. The number of hydrogen-bond acceptors (Lipinski definition) is 5. The number of carbonyl (C=O) groups excluding carboxylic acids is 1. The molecular weight excluding hydrogens is 320 g/mol. The van der Waals surface area contributed by atoms with Crippen LogP contribution in [0.5, 0.6) is 5.75 Å². The van der Waals surface area contributed by atoms with E-state index in [9.17, 15) is 15.0 Å². The zero-order chi connectivity index (χ0) is 18.0. The summed E-state index contributed by atoms with van der Waals surface area (Å²) in [5, 5.41) is 23.3. The molecule has 1 heterocycles. The van der Waals surface area contributed by atoms with Crippen molar-refractivity contribution in [3.63, 3.8) is 0 Å². The van der Waals surface area contributed by atoms with Gasteiger partial charge in [-0.25, -0.2) is 0 Å². The smallest absolute Gasteiger partial charge is 0.258 e. The number of amides is 1. The van der Waals surface area contributed by atoms with Crippen molar-refractivity contribution in [3.8, 4) is 5.75 Å². The van der Waals surface area contributed by atoms with Crippen molar-refractivity contribution < 1.29 is 19.7 Å². The van der Waals surface area contributed by atoms with Gasteiger partial charge in [-0.2, -0.15) is 0 Å². The molecule has 3 rings (SSSR count). The van der Waals surface area contributed by atoms with E-state index in [4.69, 9.17) is 4.74 Å². The highest BCUT2D eigenvalue weighted by Gasteiger charge is 2.31. The Morgan fingerprint density at radius 2 is 2.12 bits per heavy atom. The van der Waals surface area contributed by atoms with Crippen molar-refractivity contribution in [1.29, 1.82) is 0 Å². The Morgan fingerprint density at radius 1 is 1.32 bits per heavy atom. The van der Waals surface area contributed by atoms with Crippen LogP contribution in [0.2, 0.25) is 0 Å². The third-order valence-corrected chi connectivity index (χ3v) is 4.66. The predicted octanol–water partition coefficient (Wildman–Crippen LogP) is 1.62. The number of aliphatic hydroxyl groups excluding tert-OH is 2. The minimum absolute atomic E-state index is 0.147. The van der Waals surface area contributed by atoms with Crippen LogP contribution in [0.3, 0.4) is 0 Å². The molecular formula is C19H24N2O4. The van der Waals surface area contributed by atoms with Crippen molar-refractivity contribution in [2.24, 2.45) is 0 Å². The van der Waals surface area contributed by atoms with Crippen molar-refractivity contribution >= 4 is 16.8 Å². The summed E-state index contributed by atoms with van der Waals surface area (Å²) in [5.41, 5.74) is 2.74. The van der Waals surface area contributed by atoms with Crippen LogP contribution in [-0.4, -0.2) is 46.0 Å². The fourth-order valence-corrected chi connectivity index (χ4v) is 3.31. The molecule has 1 aromatic heterocycles. The van der Waals surface area contributed by atoms with Crippen LogP contribution in [0.25, 0.3) is 10.9 Å². The summed E-state index contributed by atoms with van der Waals surface area (Å²) in [4.78, 5) is 16.7. The summed E-state index contributed by atoms with van der Waals surface area (Å²) in [7, 11) is 0. The third kappa shape index (κ3) is 3.91. The standard InChI is InChI=1S/C19H24N2O4/c1-11-5-3-6-13-16(9-12(2)20-18(11)13)25-10-17(23)21-14-7-4-8-15(22)19(14)24/h3,5-6,9,14-15,19,22,24H,4,7-8,10H2,1-2H3,(H,21,23)/t14-,15-,19-/m1/s1. The lowest BCUT2D eigenvalue weighted by atomic mass is 9.90. The number of hydrogen-bond donors (Lipinski definition) is 3. The fraction of sp³-hybridized carbons (Fsp3) is 0.474. The highest BCUT2D eigenvalue weighted by molar-refractivity contribution is 5.88. The number of fused-ring (bicyclic) bond motifs is 1. The Hall–Kier alpha value is -2.18. The second kappa shape index (κ2) is 7.37. The van der Waals surface area contributed by atoms with Gasteiger partial charge in [0, 0.05) is 17.1 Å². The van der Waals surface area contributed by atoms with Crippen molar-refractivity contribution in [2.75, 3.05) is 6.61 Å². The maximum absolute atomic E-state index is 12.2. The molecule has 0 spiro atoms. The number of nitrogens with one attached hydrogen (secondary N) is 1. The highest BCUT2D eigenvalue weighted by Crippen LogP contribution is 2.27. The van der Waals surface area contributed by atoms with Crippen LogP contribution in [-0.2, 0) is 4.79 Å². The van der Waals surface area contributed by atoms with E-state index in [0.717, 1.165) is 28.6 Å². The van der Waals surface area contributed by atoms with Crippen molar-refractivity contribution in [1.82, 2.24) is 10.3 Å². The van der Waals surface area contributed by atoms with Gasteiger partial charge in [0.25, 0.3) is 5.91 Å². The number of pyridine rings is 1. The lowest BCUT2D eigenvalue weighted by Gasteiger charge is -2.32. The molecule has 25 heavy (non-hydrogen) atoms. The number of rotatable bonds is 4. The van der Waals surface area contributed by atoms with E-state index in [1.165, 1.54) is 0 Å². The quantitative estimate of drug-likeness (QED) is 0.784. The number of aliphatic hydroxyl groups is 2. The van der Waals surface area contributed by atoms with Crippen LogP contribution < -0.4 is 10.1 Å². The van der Waals surface area contributed by atoms with Crippen LogP contribution >= 0.6 is 0 Å². The van der Waals surface area contributed by atoms with E-state index in [0.29, 0.717) is 18.6 Å². The summed E-state index contributed by atoms with van der Waals surface area (Å²) >= 11 is 0. The van der Waals surface area contributed by atoms with Gasteiger partial charge in [-0.05, 0) is 44.7 Å². The molecule has 1 aliphatic rings. The zero-order valence-electron chi connectivity index (χ0n) is 14.5. The zero-order valence-corrected chi connectivity index (χ0v) is 14.5. The highest BCUT2D eigenvalue weighted by atomic mass is 16.5. The monoisotopic (exact) mass is 344 g/mol. The normalized spacial score (nSPS) is 23.4. The number of carbonyl (C=O) groups is 1. The molecule has 3 N–H and O–H groups in total. The van der Waals surface area contributed by atoms with Crippen LogP contribution in [0.15, 0.2) is 24.3 Å². The molecule has 0 unspecified atom stereocenters. The summed E-state index contributed by atoms with van der Waals surface area (Å²) in [6, 6.07) is 7.22. The summed E-state index contributed by atoms with van der Waals surface area (Å²) in [6.45, 7) is 3.73. The average molecular weight is 344 g/mol. The van der Waals surface area contributed by atoms with E-state index in [1.54, 1.807) is 0 Å². The molecule has 1 aliphatic carbocycles. The van der Waals surface area contributed by atoms with Crippen LogP contribution in [0.1, 0.15) is 30.5 Å². The van der Waals surface area contributed by atoms with Gasteiger partial charge in [0.05, 0.1) is 23.8 Å². The molecule has 134 valence electrons. The Bertz CT molecular complexity index is 777. The lowest BCUT2D eigenvalue weighted by Crippen LogP contribution is -2.51. The first kappa shape index (κ1) is 17.6. The first-order valence-corrected chi connectivity index (χ1v) is 8.61. The summed E-state index contributed by atoms with van der Waals surface area (Å²) in [5.74, 6) is 0.305. The largest absolute Gasteiger partial charge is 0.483 e. The number of ether oxygens (including phenoxy) is 1. The lowest BCUT2D eigenvalue weighted by molar-refractivity contribution is -0.126. The molecule has 0 aliphatic heterocycles. The molecule has 1 saturated carbocycles. The predicted molar refractivity (Wildman–Crippen MR) is 94.5 cm³/mol. The molecule has 6 heteroatoms. The second-order valence-corrected chi connectivity index (χ2v) is 6.68. The Morgan fingerprint density at radius 3 is 2.92 bits per heavy atom. The van der Waals surface area contributed by atoms with Gasteiger partial charge >= 0.3 is 0 Å². The minimum Gasteiger partial charge on any atom is -0.483 e. The van der Waals surface area contributed by atoms with E-state index in [-0.39, 0.29) is 12.5 Å². The molecule has 6 nitrogen and oxygen atoms in total. The molecule has 2 aromatic rings. The molecule has 1 fully saturated rings. The van der Waals surface area contributed by atoms with E-state index in [1.807, 2.05) is 38.1 Å². The van der Waals surface area contributed by atoms with Crippen molar-refractivity contribution in [2.45, 2.75) is 51.4 Å². The van der Waals surface area contributed by atoms with E-state index in [2.05, 4.69) is 10.3 Å². The van der Waals surface area contributed by atoms with Crippen LogP contribution in [0.4, 0.5) is 0 Å². The second-order valence-electron chi connectivity index (χ2n) is 6.68. The van der Waals surface area contributed by atoms with Gasteiger partial charge in [0.2, 0.25) is 0 Å². The van der Waals surface area contributed by atoms with Gasteiger partial charge in [0.1, 0.15) is 5.75 Å². The molecule has 3 atom stereocenters. The molecule has 0 bridgehead atoms. The molecule has 1 aromatic carbocycles. The number of para-hydroxylation sites is 1. The summed E-state index contributed by atoms with van der Waals surface area (Å²) in [6.07, 6.45) is 0.281. The van der Waals surface area contributed by atoms with E-state index < -0.39 is 18.2 Å². The number of nitrogens with zero attached hydrogens (tertiary/aromatic N) is 1. The van der Waals surface area contributed by atoms with Gasteiger partial charge in [-0.1, -0.05) is 12.1 Å². The maximum Gasteiger partial charge on any atom is 0.258 e. The minimum atomic E-state index is -0.927. The number of aryl methyl sites for hydroxylation is 2. The number of aromatic nitrogens is 1.